The van der Waals surface area contributed by atoms with Gasteiger partial charge in [-0.05, 0) is 34.7 Å². The summed E-state index contributed by atoms with van der Waals surface area (Å²) in [6, 6.07) is 20.2. The molecule has 1 aromatic heterocycles. The topological polar surface area (TPSA) is 12.9 Å². The molecule has 0 aliphatic rings. The molecule has 99 valence electrons. The van der Waals surface area contributed by atoms with Crippen molar-refractivity contribution >= 4 is 32.4 Å². The molecule has 20 heavy (non-hydrogen) atoms. The normalized spacial score (nSPS) is 10.8. The van der Waals surface area contributed by atoms with E-state index in [2.05, 4.69) is 54.4 Å². The molecule has 0 fully saturated rings. The van der Waals surface area contributed by atoms with E-state index in [1.165, 1.54) is 27.1 Å². The van der Waals surface area contributed by atoms with Crippen molar-refractivity contribution in [1.29, 1.82) is 0 Å². The molecule has 0 saturated heterocycles. The van der Waals surface area contributed by atoms with Crippen LogP contribution in [0.25, 0.3) is 32.4 Å². The van der Waals surface area contributed by atoms with Gasteiger partial charge in [0.2, 0.25) is 0 Å². The van der Waals surface area contributed by atoms with Gasteiger partial charge in [-0.2, -0.15) is 0 Å². The first-order valence-electron chi connectivity index (χ1n) is 6.41. The largest absolute Gasteiger partial charge is 0.303 e. The number of benzene rings is 3. The third-order valence-corrected chi connectivity index (χ3v) is 3.64. The molecule has 3 aromatic carbocycles. The fourth-order valence-corrected chi connectivity index (χ4v) is 2.70. The molecule has 1 heterocycles. The molecule has 4 aromatic rings. The molecular weight excluding hydrogens is 422 g/mol. The summed E-state index contributed by atoms with van der Waals surface area (Å²) < 4.78 is 0. The molecule has 0 amide bonds. The minimum Gasteiger partial charge on any atom is -0.303 e. The number of rotatable bonds is 0. The van der Waals surface area contributed by atoms with Gasteiger partial charge < -0.3 is 4.98 Å². The summed E-state index contributed by atoms with van der Waals surface area (Å²) in [4.78, 5) is 4.65. The first-order valence-corrected chi connectivity index (χ1v) is 6.41. The van der Waals surface area contributed by atoms with E-state index in [4.69, 9.17) is 0 Å². The van der Waals surface area contributed by atoms with Gasteiger partial charge in [-0.1, -0.05) is 29.8 Å². The molecule has 0 bridgehead atoms. The van der Waals surface area contributed by atoms with Gasteiger partial charge in [-0.15, -0.1) is 35.0 Å². The van der Waals surface area contributed by atoms with Crippen LogP contribution in [0.5, 0.6) is 0 Å². The van der Waals surface area contributed by atoms with Crippen LogP contribution in [0.4, 0.5) is 0 Å². The van der Waals surface area contributed by atoms with Crippen LogP contribution in [0.3, 0.4) is 0 Å². The van der Waals surface area contributed by atoms with Gasteiger partial charge in [-0.3, -0.25) is 0 Å². The van der Waals surface area contributed by atoms with Crippen LogP contribution >= 0.6 is 0 Å². The third kappa shape index (κ3) is 1.93. The summed E-state index contributed by atoms with van der Waals surface area (Å²) in [6.45, 7) is 2.11. The number of hydrogen-bond acceptors (Lipinski definition) is 1. The molecule has 0 saturated carbocycles. The summed E-state index contributed by atoms with van der Waals surface area (Å²) in [6.07, 6.45) is 1.96. The number of fused-ring (bicyclic) bond motifs is 5. The van der Waals surface area contributed by atoms with Crippen LogP contribution in [-0.2, 0) is 20.1 Å². The van der Waals surface area contributed by atoms with E-state index in [0.29, 0.717) is 0 Å². The number of pyridine rings is 1. The predicted octanol–water partition coefficient (Wildman–Crippen LogP) is 4.65. The zero-order valence-corrected chi connectivity index (χ0v) is 13.4. The first-order chi connectivity index (χ1) is 9.33. The molecule has 0 unspecified atom stereocenters. The minimum absolute atomic E-state index is 0. The molecular formula is C18H12IrN-. The molecule has 0 atom stereocenters. The number of hydrogen-bond donors (Lipinski definition) is 0. The Bertz CT molecular complexity index is 928. The summed E-state index contributed by atoms with van der Waals surface area (Å²) in [5.74, 6) is 0. The maximum Gasteiger partial charge on any atom is 0.0239 e. The Balaban J connectivity index is 0.00000121. The molecule has 0 aliphatic carbocycles. The van der Waals surface area contributed by atoms with Crippen LogP contribution in [0.1, 0.15) is 5.56 Å². The quantitative estimate of drug-likeness (QED) is 0.290. The van der Waals surface area contributed by atoms with Crippen LogP contribution in [-0.4, -0.2) is 4.98 Å². The van der Waals surface area contributed by atoms with Crippen LogP contribution in [0, 0.1) is 13.0 Å². The molecule has 0 N–H and O–H groups in total. The van der Waals surface area contributed by atoms with Gasteiger partial charge >= 0.3 is 0 Å². The van der Waals surface area contributed by atoms with E-state index in [9.17, 15) is 0 Å². The van der Waals surface area contributed by atoms with Crippen molar-refractivity contribution in [2.24, 2.45) is 0 Å². The van der Waals surface area contributed by atoms with Crippen molar-refractivity contribution < 1.29 is 20.1 Å². The zero-order chi connectivity index (χ0) is 12.8. The Morgan fingerprint density at radius 2 is 1.80 bits per heavy atom. The van der Waals surface area contributed by atoms with E-state index in [1.54, 1.807) is 0 Å². The van der Waals surface area contributed by atoms with Crippen LogP contribution in [0.15, 0.2) is 54.7 Å². The molecule has 1 radical (unpaired) electrons. The Morgan fingerprint density at radius 1 is 0.950 bits per heavy atom. The van der Waals surface area contributed by atoms with Crippen molar-refractivity contribution in [1.82, 2.24) is 4.98 Å². The maximum atomic E-state index is 4.65. The number of aryl methyl sites for hydroxylation is 1. The standard InChI is InChI=1S/C18H12N.Ir/c1-12-6-8-15-14(10-12)11-19-18-16-5-3-2-4-13(16)7-9-17(15)18;/h2-4,6-11H,1H3;/q-1;. The Morgan fingerprint density at radius 3 is 2.70 bits per heavy atom. The SMILES string of the molecule is Cc1ccc2c(cnc3c4[c-]cccc4ccc23)c1.[Ir]. The van der Waals surface area contributed by atoms with Crippen LogP contribution < -0.4 is 0 Å². The second kappa shape index (κ2) is 4.97. The van der Waals surface area contributed by atoms with E-state index in [0.717, 1.165) is 10.9 Å². The van der Waals surface area contributed by atoms with Crippen molar-refractivity contribution in [2.45, 2.75) is 6.92 Å². The van der Waals surface area contributed by atoms with Crippen molar-refractivity contribution in [2.75, 3.05) is 0 Å². The zero-order valence-electron chi connectivity index (χ0n) is 11.0. The average molecular weight is 435 g/mol. The summed E-state index contributed by atoms with van der Waals surface area (Å²) in [5, 5.41) is 5.95. The maximum absolute atomic E-state index is 4.65. The molecule has 0 spiro atoms. The third-order valence-electron chi connectivity index (χ3n) is 3.64. The van der Waals surface area contributed by atoms with Crippen LogP contribution in [0.2, 0.25) is 0 Å². The fraction of sp³-hybridized carbons (Fsp3) is 0.0556. The van der Waals surface area contributed by atoms with E-state index >= 15 is 0 Å². The van der Waals surface area contributed by atoms with Gasteiger partial charge in [-0.25, -0.2) is 0 Å². The van der Waals surface area contributed by atoms with Crippen molar-refractivity contribution in [3.05, 3.63) is 66.4 Å². The van der Waals surface area contributed by atoms with Gasteiger partial charge in [0, 0.05) is 26.3 Å². The van der Waals surface area contributed by atoms with E-state index in [1.807, 2.05) is 18.3 Å². The fourth-order valence-electron chi connectivity index (χ4n) is 2.70. The minimum atomic E-state index is 0. The Labute approximate surface area is 131 Å². The molecule has 1 nitrogen and oxygen atoms in total. The molecule has 0 aliphatic heterocycles. The van der Waals surface area contributed by atoms with Gasteiger partial charge in [0.05, 0.1) is 0 Å². The second-order valence-electron chi connectivity index (χ2n) is 4.94. The molecule has 4 rings (SSSR count). The van der Waals surface area contributed by atoms with E-state index in [-0.39, 0.29) is 20.1 Å². The molecule has 2 heteroatoms. The smallest absolute Gasteiger partial charge is 0.0239 e. The Kier molecular flexibility index (Phi) is 3.29. The van der Waals surface area contributed by atoms with Gasteiger partial charge in [0.25, 0.3) is 0 Å². The average Bonchev–Trinajstić information content (AvgIpc) is 2.46. The number of nitrogens with zero attached hydrogens (tertiary/aromatic N) is 1. The van der Waals surface area contributed by atoms with Gasteiger partial charge in [0.15, 0.2) is 0 Å². The summed E-state index contributed by atoms with van der Waals surface area (Å²) in [5.41, 5.74) is 2.30. The number of aromatic nitrogens is 1. The summed E-state index contributed by atoms with van der Waals surface area (Å²) in [7, 11) is 0. The van der Waals surface area contributed by atoms with Gasteiger partial charge in [0.1, 0.15) is 0 Å². The second-order valence-corrected chi connectivity index (χ2v) is 4.94. The summed E-state index contributed by atoms with van der Waals surface area (Å²) >= 11 is 0. The van der Waals surface area contributed by atoms with Crippen molar-refractivity contribution in [3.63, 3.8) is 0 Å². The van der Waals surface area contributed by atoms with Crippen molar-refractivity contribution in [3.8, 4) is 0 Å². The van der Waals surface area contributed by atoms with E-state index < -0.39 is 0 Å². The monoisotopic (exact) mass is 435 g/mol. The first kappa shape index (κ1) is 13.2. The predicted molar refractivity (Wildman–Crippen MR) is 80.3 cm³/mol. The Hall–Kier alpha value is -1.76.